The largest absolute Gasteiger partial charge is 0.467 e. The second-order valence-corrected chi connectivity index (χ2v) is 8.72. The van der Waals surface area contributed by atoms with Crippen molar-refractivity contribution in [3.63, 3.8) is 0 Å². The number of rotatable bonds is 8. The van der Waals surface area contributed by atoms with E-state index in [-0.39, 0.29) is 22.6 Å². The number of imide groups is 1. The van der Waals surface area contributed by atoms with E-state index in [1.54, 1.807) is 36.4 Å². The molecule has 0 saturated carbocycles. The van der Waals surface area contributed by atoms with Crippen LogP contribution in [0.4, 0.5) is 19.3 Å². The lowest BCUT2D eigenvalue weighted by molar-refractivity contribution is -0.141. The SMILES string of the molecule is COC(=O)C(Cc1cc(F)c(Oc2ccc(/C=C3\SC(=O)NC3=O)cc2)c(F)c1)Nc1ccccc1. The average molecular weight is 511 g/mol. The molecule has 4 rings (SSSR count). The lowest BCUT2D eigenvalue weighted by Gasteiger charge is -2.18. The summed E-state index contributed by atoms with van der Waals surface area (Å²) < 4.78 is 39.8. The monoisotopic (exact) mass is 510 g/mol. The Hall–Kier alpha value is -4.18. The molecule has 0 spiro atoms. The van der Waals surface area contributed by atoms with Crippen LogP contribution in [0.2, 0.25) is 0 Å². The Morgan fingerprint density at radius 2 is 1.72 bits per heavy atom. The smallest absolute Gasteiger partial charge is 0.328 e. The van der Waals surface area contributed by atoms with Gasteiger partial charge in [0.2, 0.25) is 0 Å². The third kappa shape index (κ3) is 6.08. The summed E-state index contributed by atoms with van der Waals surface area (Å²) in [5.41, 5.74) is 1.50. The number of nitrogens with one attached hydrogen (secondary N) is 2. The number of amides is 2. The van der Waals surface area contributed by atoms with Gasteiger partial charge in [-0.25, -0.2) is 13.6 Å². The van der Waals surface area contributed by atoms with Crippen molar-refractivity contribution in [3.8, 4) is 11.5 Å². The van der Waals surface area contributed by atoms with Crippen molar-refractivity contribution in [1.29, 1.82) is 0 Å². The van der Waals surface area contributed by atoms with Crippen molar-refractivity contribution in [2.45, 2.75) is 12.5 Å². The van der Waals surface area contributed by atoms with Crippen LogP contribution in [0.15, 0.2) is 71.6 Å². The third-order valence-electron chi connectivity index (χ3n) is 5.14. The number of esters is 1. The Balaban J connectivity index is 1.48. The maximum absolute atomic E-state index is 14.8. The van der Waals surface area contributed by atoms with Crippen molar-refractivity contribution >= 4 is 40.6 Å². The molecular weight excluding hydrogens is 490 g/mol. The van der Waals surface area contributed by atoms with E-state index >= 15 is 0 Å². The summed E-state index contributed by atoms with van der Waals surface area (Å²) >= 11 is 0.786. The number of ether oxygens (including phenoxy) is 2. The van der Waals surface area contributed by atoms with E-state index in [0.29, 0.717) is 11.3 Å². The molecule has 1 unspecified atom stereocenters. The zero-order chi connectivity index (χ0) is 25.7. The predicted octanol–water partition coefficient (Wildman–Crippen LogP) is 5.28. The normalized spacial score (nSPS) is 14.9. The average Bonchev–Trinajstić information content (AvgIpc) is 3.18. The predicted molar refractivity (Wildman–Crippen MR) is 132 cm³/mol. The first-order chi connectivity index (χ1) is 17.3. The highest BCUT2D eigenvalue weighted by atomic mass is 32.2. The van der Waals surface area contributed by atoms with Crippen molar-refractivity contribution in [1.82, 2.24) is 5.32 Å². The Morgan fingerprint density at radius 1 is 1.06 bits per heavy atom. The highest BCUT2D eigenvalue weighted by Gasteiger charge is 2.25. The lowest BCUT2D eigenvalue weighted by Crippen LogP contribution is -2.32. The molecule has 7 nitrogen and oxygen atoms in total. The van der Waals surface area contributed by atoms with Crippen LogP contribution in [-0.4, -0.2) is 30.3 Å². The fourth-order valence-corrected chi connectivity index (χ4v) is 4.14. The van der Waals surface area contributed by atoms with E-state index in [1.165, 1.54) is 25.3 Å². The first-order valence-electron chi connectivity index (χ1n) is 10.7. The minimum absolute atomic E-state index is 0.0207. The van der Waals surface area contributed by atoms with Gasteiger partial charge in [-0.05, 0) is 65.4 Å². The number of hydrogen-bond donors (Lipinski definition) is 2. The maximum Gasteiger partial charge on any atom is 0.328 e. The first-order valence-corrected chi connectivity index (χ1v) is 11.5. The van der Waals surface area contributed by atoms with Gasteiger partial charge in [0.25, 0.3) is 11.1 Å². The lowest BCUT2D eigenvalue weighted by atomic mass is 10.0. The molecule has 2 amide bonds. The Morgan fingerprint density at radius 3 is 2.31 bits per heavy atom. The number of thioether (sulfide) groups is 1. The Labute approximate surface area is 209 Å². The third-order valence-corrected chi connectivity index (χ3v) is 5.95. The number of para-hydroxylation sites is 1. The van der Waals surface area contributed by atoms with E-state index in [0.717, 1.165) is 23.9 Å². The van der Waals surface area contributed by atoms with Gasteiger partial charge in [-0.2, -0.15) is 0 Å². The molecule has 2 N–H and O–H groups in total. The molecule has 1 fully saturated rings. The van der Waals surface area contributed by atoms with Crippen molar-refractivity contribution in [2.24, 2.45) is 0 Å². The van der Waals surface area contributed by atoms with Crippen LogP contribution in [0.3, 0.4) is 0 Å². The Kier molecular flexibility index (Phi) is 7.65. The van der Waals surface area contributed by atoms with E-state index < -0.39 is 40.5 Å². The van der Waals surface area contributed by atoms with E-state index in [2.05, 4.69) is 10.6 Å². The zero-order valence-electron chi connectivity index (χ0n) is 18.9. The molecule has 0 aromatic heterocycles. The van der Waals surface area contributed by atoms with Crippen LogP contribution < -0.4 is 15.4 Å². The number of anilines is 1. The molecule has 3 aromatic carbocycles. The van der Waals surface area contributed by atoms with Gasteiger partial charge in [0.1, 0.15) is 11.8 Å². The van der Waals surface area contributed by atoms with Crippen LogP contribution in [0.1, 0.15) is 11.1 Å². The second-order valence-electron chi connectivity index (χ2n) is 7.70. The molecule has 0 radical (unpaired) electrons. The van der Waals surface area contributed by atoms with E-state index in [1.807, 2.05) is 6.07 Å². The van der Waals surface area contributed by atoms with Gasteiger partial charge >= 0.3 is 5.97 Å². The number of benzene rings is 3. The maximum atomic E-state index is 14.8. The molecule has 3 aromatic rings. The number of carbonyl (C=O) groups is 3. The molecule has 0 bridgehead atoms. The fraction of sp³-hybridized carbons (Fsp3) is 0.115. The van der Waals surface area contributed by atoms with Crippen LogP contribution in [0, 0.1) is 11.6 Å². The van der Waals surface area contributed by atoms with Crippen LogP contribution in [0.5, 0.6) is 11.5 Å². The van der Waals surface area contributed by atoms with Crippen LogP contribution >= 0.6 is 11.8 Å². The topological polar surface area (TPSA) is 93.7 Å². The Bertz CT molecular complexity index is 1310. The molecular formula is C26H20F2N2O5S. The van der Waals surface area contributed by atoms with Crippen LogP contribution in [0.25, 0.3) is 6.08 Å². The number of halogens is 2. The van der Waals surface area contributed by atoms with Gasteiger partial charge in [0.15, 0.2) is 17.4 Å². The second kappa shape index (κ2) is 11.0. The molecule has 1 heterocycles. The van der Waals surface area contributed by atoms with Gasteiger partial charge in [-0.3, -0.25) is 14.9 Å². The summed E-state index contributed by atoms with van der Waals surface area (Å²) in [6.45, 7) is 0. The van der Waals surface area contributed by atoms with Gasteiger partial charge in [-0.15, -0.1) is 0 Å². The highest BCUT2D eigenvalue weighted by molar-refractivity contribution is 8.18. The molecule has 1 aliphatic heterocycles. The summed E-state index contributed by atoms with van der Waals surface area (Å²) in [5.74, 6) is -3.35. The number of hydrogen-bond acceptors (Lipinski definition) is 7. The van der Waals surface area contributed by atoms with Gasteiger partial charge in [0.05, 0.1) is 12.0 Å². The van der Waals surface area contributed by atoms with Gasteiger partial charge < -0.3 is 14.8 Å². The summed E-state index contributed by atoms with van der Waals surface area (Å²) in [6, 6.07) is 16.4. The standard InChI is InChI=1S/C26H20F2N2O5S/c1-34-25(32)21(29-17-5-3-2-4-6-17)13-16-11-19(27)23(20(28)12-16)35-18-9-7-15(8-10-18)14-22-24(31)30-26(33)36-22/h2-12,14,21,29H,13H2,1H3,(H,30,31,33)/b22-14-. The van der Waals surface area contributed by atoms with Crippen molar-refractivity contribution < 1.29 is 32.6 Å². The summed E-state index contributed by atoms with van der Waals surface area (Å²) in [5, 5.41) is 4.72. The first kappa shape index (κ1) is 24.9. The summed E-state index contributed by atoms with van der Waals surface area (Å²) in [6.07, 6.45) is 1.50. The van der Waals surface area contributed by atoms with Crippen molar-refractivity contribution in [3.05, 3.63) is 94.4 Å². The molecule has 0 aliphatic carbocycles. The molecule has 1 saturated heterocycles. The molecule has 1 aliphatic rings. The van der Waals surface area contributed by atoms with Gasteiger partial charge in [-0.1, -0.05) is 30.3 Å². The van der Waals surface area contributed by atoms with Crippen LogP contribution in [-0.2, 0) is 20.7 Å². The number of methoxy groups -OCH3 is 1. The van der Waals surface area contributed by atoms with E-state index in [4.69, 9.17) is 9.47 Å². The zero-order valence-corrected chi connectivity index (χ0v) is 19.7. The van der Waals surface area contributed by atoms with E-state index in [9.17, 15) is 23.2 Å². The van der Waals surface area contributed by atoms with Crippen molar-refractivity contribution in [2.75, 3.05) is 12.4 Å². The molecule has 1 atom stereocenters. The molecule has 184 valence electrons. The summed E-state index contributed by atoms with van der Waals surface area (Å²) in [4.78, 5) is 35.4. The minimum Gasteiger partial charge on any atom is -0.467 e. The summed E-state index contributed by atoms with van der Waals surface area (Å²) in [7, 11) is 1.24. The highest BCUT2D eigenvalue weighted by Crippen LogP contribution is 2.31. The molecule has 36 heavy (non-hydrogen) atoms. The quantitative estimate of drug-likeness (QED) is 0.315. The minimum atomic E-state index is -0.933. The fourth-order valence-electron chi connectivity index (χ4n) is 3.46. The number of carbonyl (C=O) groups excluding carboxylic acids is 3. The van der Waals surface area contributed by atoms with Gasteiger partial charge in [0, 0.05) is 12.1 Å². The molecule has 10 heteroatoms.